The Morgan fingerprint density at radius 3 is 1.94 bits per heavy atom. The van der Waals surface area contributed by atoms with Crippen LogP contribution in [0.1, 0.15) is 78.3 Å². The number of amides is 10. The molecule has 2 heterocycles. The van der Waals surface area contributed by atoms with Crippen LogP contribution in [0.4, 0.5) is 0 Å². The first kappa shape index (κ1) is 53.4. The molecular weight excluding hydrogens is 845 g/mol. The van der Waals surface area contributed by atoms with Crippen LogP contribution in [0.25, 0.3) is 0 Å². The maximum absolute atomic E-state index is 13.7. The quantitative estimate of drug-likeness (QED) is 0.0366. The summed E-state index contributed by atoms with van der Waals surface area (Å²) in [5, 5.41) is 25.9. The lowest BCUT2D eigenvalue weighted by Crippen LogP contribution is -2.59. The number of nitrogens with zero attached hydrogens (tertiary/aromatic N) is 2. The van der Waals surface area contributed by atoms with E-state index in [4.69, 9.17) is 22.9 Å². The summed E-state index contributed by atoms with van der Waals surface area (Å²) in [6.07, 6.45) is 3.18. The number of rotatable bonds is 27. The van der Waals surface area contributed by atoms with Crippen molar-refractivity contribution < 1.29 is 57.8 Å². The summed E-state index contributed by atoms with van der Waals surface area (Å²) in [5.74, 6) is -10.5. The number of likely N-dealkylation sites (tertiary alicyclic amines) is 1. The molecule has 8 atom stereocenters. The fourth-order valence-corrected chi connectivity index (χ4v) is 6.44. The van der Waals surface area contributed by atoms with E-state index < -0.39 is 139 Å². The molecule has 1 aliphatic rings. The number of carboxylic acids is 1. The molecule has 0 saturated carbocycles. The van der Waals surface area contributed by atoms with Crippen molar-refractivity contribution in [2.75, 3.05) is 19.6 Å². The SMILES string of the molecule is CC(C)[C@H](NC(=O)[C@@H](N)Cc1cnc[nH]1)C(=O)N1CCC[C@H]1C(=O)N[C@@H](CC(N)=O)C(=O)NCC(=O)N[C@@H](C)C(=O)N[C@@H](C)C(=O)N[C@@H](CC(N)=O)C(=O)N[C@@H](CCCCN)C(=O)O. The Labute approximate surface area is 368 Å². The third kappa shape index (κ3) is 17.6. The molecule has 64 heavy (non-hydrogen) atoms. The van der Waals surface area contributed by atoms with Gasteiger partial charge in [-0.05, 0) is 58.4 Å². The fourth-order valence-electron chi connectivity index (χ4n) is 6.44. The first-order valence-corrected chi connectivity index (χ1v) is 20.7. The smallest absolute Gasteiger partial charge is 0.326 e. The molecule has 0 aliphatic carbocycles. The van der Waals surface area contributed by atoms with E-state index in [9.17, 15) is 57.8 Å². The van der Waals surface area contributed by atoms with E-state index in [1.54, 1.807) is 13.8 Å². The number of H-pyrrole nitrogens is 1. The molecule has 2 rings (SSSR count). The second-order valence-corrected chi connectivity index (χ2v) is 15.7. The van der Waals surface area contributed by atoms with Crippen LogP contribution in [0, 0.1) is 5.92 Å². The summed E-state index contributed by atoms with van der Waals surface area (Å²) in [6, 6.07) is -10.3. The van der Waals surface area contributed by atoms with Crippen molar-refractivity contribution in [3.05, 3.63) is 18.2 Å². The van der Waals surface area contributed by atoms with Crippen LogP contribution < -0.4 is 60.2 Å². The zero-order valence-electron chi connectivity index (χ0n) is 36.3. The van der Waals surface area contributed by atoms with Gasteiger partial charge in [-0.1, -0.05) is 13.8 Å². The highest BCUT2D eigenvalue weighted by Crippen LogP contribution is 2.21. The van der Waals surface area contributed by atoms with Gasteiger partial charge in [-0.15, -0.1) is 0 Å². The predicted molar refractivity (Wildman–Crippen MR) is 224 cm³/mol. The van der Waals surface area contributed by atoms with Crippen LogP contribution in [0.2, 0.25) is 0 Å². The molecule has 17 N–H and O–H groups in total. The number of imidazole rings is 1. The third-order valence-corrected chi connectivity index (χ3v) is 9.98. The highest BCUT2D eigenvalue weighted by Gasteiger charge is 2.40. The minimum absolute atomic E-state index is 0.0253. The Balaban J connectivity index is 1.98. The Kier molecular flexibility index (Phi) is 21.7. The van der Waals surface area contributed by atoms with Crippen LogP contribution in [0.3, 0.4) is 0 Å². The number of carboxylic acid groups (broad SMARTS) is 1. The zero-order valence-corrected chi connectivity index (χ0v) is 36.3. The lowest BCUT2D eigenvalue weighted by Gasteiger charge is -2.31. The molecule has 1 aromatic heterocycles. The van der Waals surface area contributed by atoms with E-state index in [-0.39, 0.29) is 25.8 Å². The Morgan fingerprint density at radius 1 is 0.781 bits per heavy atom. The molecule has 0 unspecified atom stereocenters. The highest BCUT2D eigenvalue weighted by molar-refractivity contribution is 5.99. The second kappa shape index (κ2) is 26.0. The first-order valence-electron chi connectivity index (χ1n) is 20.7. The minimum atomic E-state index is -1.59. The molecule has 0 aromatic carbocycles. The molecule has 0 bridgehead atoms. The van der Waals surface area contributed by atoms with Crippen molar-refractivity contribution in [2.24, 2.45) is 28.9 Å². The van der Waals surface area contributed by atoms with Crippen molar-refractivity contribution in [2.45, 2.75) is 127 Å². The molecule has 26 heteroatoms. The molecule has 1 aliphatic heterocycles. The Bertz CT molecular complexity index is 1840. The van der Waals surface area contributed by atoms with E-state index in [2.05, 4.69) is 47.2 Å². The van der Waals surface area contributed by atoms with Gasteiger partial charge in [0.25, 0.3) is 0 Å². The average molecular weight is 907 g/mol. The standard InChI is InChI=1S/C38H62N14O12/c1-18(2)30(51-33(58)22(40)12-21-15-43-17-45-21)37(62)52-11-7-9-26(52)36(61)50-24(13-27(41)53)34(59)44-16-29(55)46-19(3)31(56)47-20(4)32(57)49-25(14-28(42)54)35(60)48-23(38(63)64)8-5-6-10-39/h15,17-20,22-26,30H,5-14,16,39-40H2,1-4H3,(H2,41,53)(H2,42,54)(H,43,45)(H,44,59)(H,46,55)(H,47,56)(H,48,60)(H,49,57)(H,50,61)(H,51,58)(H,63,64)/t19-,20-,22-,23-,24-,25-,26-,30-/m0/s1. The number of carbonyl (C=O) groups excluding carboxylic acids is 10. The van der Waals surface area contributed by atoms with Gasteiger partial charge in [-0.3, -0.25) is 47.9 Å². The van der Waals surface area contributed by atoms with Gasteiger partial charge in [0.2, 0.25) is 59.1 Å². The van der Waals surface area contributed by atoms with Gasteiger partial charge in [0.15, 0.2) is 0 Å². The largest absolute Gasteiger partial charge is 0.480 e. The summed E-state index contributed by atoms with van der Waals surface area (Å²) in [4.78, 5) is 148. The predicted octanol–water partition coefficient (Wildman–Crippen LogP) is -6.04. The molecular formula is C38H62N14O12. The van der Waals surface area contributed by atoms with Gasteiger partial charge in [0.05, 0.1) is 31.8 Å². The van der Waals surface area contributed by atoms with Crippen molar-refractivity contribution >= 4 is 65.0 Å². The number of aliphatic carboxylic acids is 1. The molecule has 356 valence electrons. The number of hydrogen-bond donors (Lipinski definition) is 13. The van der Waals surface area contributed by atoms with Crippen molar-refractivity contribution in [1.29, 1.82) is 0 Å². The van der Waals surface area contributed by atoms with Gasteiger partial charge in [0, 0.05) is 24.9 Å². The maximum Gasteiger partial charge on any atom is 0.326 e. The number of hydrogen-bond acceptors (Lipinski definition) is 14. The van der Waals surface area contributed by atoms with E-state index in [0.717, 1.165) is 0 Å². The zero-order chi connectivity index (χ0) is 48.3. The summed E-state index contributed by atoms with van der Waals surface area (Å²) in [5.41, 5.74) is 22.7. The van der Waals surface area contributed by atoms with Crippen LogP contribution >= 0.6 is 0 Å². The lowest BCUT2D eigenvalue weighted by atomic mass is 10.0. The maximum atomic E-state index is 13.7. The molecule has 26 nitrogen and oxygen atoms in total. The number of carbonyl (C=O) groups is 11. The molecule has 0 spiro atoms. The summed E-state index contributed by atoms with van der Waals surface area (Å²) >= 11 is 0. The van der Waals surface area contributed by atoms with E-state index in [0.29, 0.717) is 31.5 Å². The second-order valence-electron chi connectivity index (χ2n) is 15.7. The Morgan fingerprint density at radius 2 is 1.38 bits per heavy atom. The average Bonchev–Trinajstić information content (AvgIpc) is 3.93. The van der Waals surface area contributed by atoms with Gasteiger partial charge in [-0.2, -0.15) is 0 Å². The summed E-state index contributed by atoms with van der Waals surface area (Å²) in [7, 11) is 0. The van der Waals surface area contributed by atoms with E-state index in [1.165, 1.54) is 31.3 Å². The normalized spacial score (nSPS) is 16.7. The number of aromatic nitrogens is 2. The molecule has 1 fully saturated rings. The van der Waals surface area contributed by atoms with Crippen LogP contribution in [-0.4, -0.2) is 153 Å². The van der Waals surface area contributed by atoms with Crippen molar-refractivity contribution in [3.63, 3.8) is 0 Å². The number of unbranched alkanes of at least 4 members (excludes halogenated alkanes) is 1. The number of aromatic amines is 1. The monoisotopic (exact) mass is 906 g/mol. The fraction of sp³-hybridized carbons (Fsp3) is 0.632. The molecule has 0 radical (unpaired) electrons. The van der Waals surface area contributed by atoms with E-state index in [1.807, 2.05) is 0 Å². The van der Waals surface area contributed by atoms with Gasteiger partial charge in [0.1, 0.15) is 42.3 Å². The number of nitrogens with one attached hydrogen (secondary N) is 8. The van der Waals surface area contributed by atoms with Crippen LogP contribution in [0.5, 0.6) is 0 Å². The van der Waals surface area contributed by atoms with Crippen molar-refractivity contribution in [1.82, 2.24) is 52.1 Å². The van der Waals surface area contributed by atoms with Gasteiger partial charge >= 0.3 is 5.97 Å². The summed E-state index contributed by atoms with van der Waals surface area (Å²) < 4.78 is 0. The van der Waals surface area contributed by atoms with E-state index >= 15 is 0 Å². The van der Waals surface area contributed by atoms with Gasteiger partial charge < -0.3 is 75.1 Å². The molecule has 1 aromatic rings. The number of nitrogens with two attached hydrogens (primary N) is 4. The number of primary amides is 2. The van der Waals surface area contributed by atoms with Crippen molar-refractivity contribution in [3.8, 4) is 0 Å². The summed E-state index contributed by atoms with van der Waals surface area (Å²) in [6.45, 7) is 5.57. The van der Waals surface area contributed by atoms with Crippen LogP contribution in [0.15, 0.2) is 12.5 Å². The third-order valence-electron chi connectivity index (χ3n) is 9.98. The minimum Gasteiger partial charge on any atom is -0.480 e. The topological polar surface area (TPSA) is 428 Å². The van der Waals surface area contributed by atoms with Crippen LogP contribution in [-0.2, 0) is 59.2 Å². The van der Waals surface area contributed by atoms with Gasteiger partial charge in [-0.25, -0.2) is 9.78 Å². The first-order chi connectivity index (χ1) is 30.0. The lowest BCUT2D eigenvalue weighted by molar-refractivity contribution is -0.143. The Hall–Kier alpha value is -6.70. The highest BCUT2D eigenvalue weighted by atomic mass is 16.4. The molecule has 1 saturated heterocycles. The molecule has 10 amide bonds.